The third kappa shape index (κ3) is 3.42. The van der Waals surface area contributed by atoms with Crippen molar-refractivity contribution in [2.24, 2.45) is 5.10 Å². The molecule has 0 bridgehead atoms. The quantitative estimate of drug-likeness (QED) is 0.520. The lowest BCUT2D eigenvalue weighted by molar-refractivity contribution is 0.0911. The van der Waals surface area contributed by atoms with Gasteiger partial charge in [0.1, 0.15) is 0 Å². The van der Waals surface area contributed by atoms with Gasteiger partial charge >= 0.3 is 11.8 Å². The predicted molar refractivity (Wildman–Crippen MR) is 95.1 cm³/mol. The molecule has 0 aliphatic carbocycles. The van der Waals surface area contributed by atoms with Gasteiger partial charge in [0.25, 0.3) is 0 Å². The van der Waals surface area contributed by atoms with Crippen LogP contribution in [0.25, 0.3) is 11.4 Å². The molecule has 1 N–H and O–H groups in total. The Morgan fingerprint density at radius 3 is 2.81 bits per heavy atom. The molecular formula is C17H11BrN4O4. The van der Waals surface area contributed by atoms with Gasteiger partial charge in [0.05, 0.1) is 6.21 Å². The van der Waals surface area contributed by atoms with Crippen LogP contribution >= 0.6 is 15.9 Å². The highest BCUT2D eigenvalue weighted by Gasteiger charge is 2.16. The zero-order chi connectivity index (χ0) is 17.9. The fourth-order valence-electron chi connectivity index (χ4n) is 2.24. The van der Waals surface area contributed by atoms with E-state index in [0.717, 1.165) is 15.6 Å². The van der Waals surface area contributed by atoms with Crippen LogP contribution in [0.15, 0.2) is 56.6 Å². The molecule has 130 valence electrons. The van der Waals surface area contributed by atoms with Crippen molar-refractivity contribution in [1.82, 2.24) is 15.6 Å². The normalized spacial score (nSPS) is 12.5. The number of halogens is 1. The lowest BCUT2D eigenvalue weighted by Gasteiger charge is -1.97. The SMILES string of the molecule is O=C(N/N=C/c1ccc2c(c1)OCO2)c1nc(-c2ccc(Br)cc2)no1. The maximum absolute atomic E-state index is 12.0. The minimum Gasteiger partial charge on any atom is -0.454 e. The highest BCUT2D eigenvalue weighted by molar-refractivity contribution is 9.10. The zero-order valence-corrected chi connectivity index (χ0v) is 14.8. The number of nitrogens with zero attached hydrogens (tertiary/aromatic N) is 3. The minimum atomic E-state index is -0.599. The smallest absolute Gasteiger partial charge is 0.329 e. The number of amides is 1. The summed E-state index contributed by atoms with van der Waals surface area (Å²) in [5.74, 6) is 0.861. The van der Waals surface area contributed by atoms with Crippen molar-refractivity contribution in [2.75, 3.05) is 6.79 Å². The number of nitrogens with one attached hydrogen (secondary N) is 1. The monoisotopic (exact) mass is 414 g/mol. The Kier molecular flexibility index (Phi) is 4.36. The number of hydrogen-bond acceptors (Lipinski definition) is 7. The molecule has 0 radical (unpaired) electrons. The third-order valence-corrected chi connectivity index (χ3v) is 4.03. The number of ether oxygens (including phenoxy) is 2. The van der Waals surface area contributed by atoms with E-state index in [-0.39, 0.29) is 12.7 Å². The van der Waals surface area contributed by atoms with Crippen LogP contribution in [0.3, 0.4) is 0 Å². The van der Waals surface area contributed by atoms with Crippen LogP contribution in [0.5, 0.6) is 11.5 Å². The summed E-state index contributed by atoms with van der Waals surface area (Å²) in [5.41, 5.74) is 3.83. The fourth-order valence-corrected chi connectivity index (χ4v) is 2.50. The zero-order valence-electron chi connectivity index (χ0n) is 13.2. The average molecular weight is 415 g/mol. The molecule has 2 aromatic carbocycles. The summed E-state index contributed by atoms with van der Waals surface area (Å²) in [5, 5.41) is 7.68. The third-order valence-electron chi connectivity index (χ3n) is 3.50. The van der Waals surface area contributed by atoms with Gasteiger partial charge in [0.15, 0.2) is 11.5 Å². The first kappa shape index (κ1) is 16.3. The number of rotatable bonds is 4. The average Bonchev–Trinajstić information content (AvgIpc) is 3.31. The standard InChI is InChI=1S/C17H11BrN4O4/c18-12-4-2-11(3-5-12)15-20-17(26-22-15)16(23)21-19-8-10-1-6-13-14(7-10)25-9-24-13/h1-8H,9H2,(H,21,23)/b19-8+. The van der Waals surface area contributed by atoms with Gasteiger partial charge in [-0.3, -0.25) is 4.79 Å². The van der Waals surface area contributed by atoms with Crippen LogP contribution in [0.4, 0.5) is 0 Å². The van der Waals surface area contributed by atoms with Gasteiger partial charge in [-0.1, -0.05) is 21.1 Å². The Morgan fingerprint density at radius 2 is 1.96 bits per heavy atom. The summed E-state index contributed by atoms with van der Waals surface area (Å²) < 4.78 is 16.4. The summed E-state index contributed by atoms with van der Waals surface area (Å²) >= 11 is 3.35. The summed E-state index contributed by atoms with van der Waals surface area (Å²) in [6, 6.07) is 12.6. The molecule has 9 heteroatoms. The van der Waals surface area contributed by atoms with Crippen molar-refractivity contribution >= 4 is 28.1 Å². The topological polar surface area (TPSA) is 98.8 Å². The molecule has 0 unspecified atom stereocenters. The Labute approximate surface area is 155 Å². The van der Waals surface area contributed by atoms with Crippen molar-refractivity contribution < 1.29 is 18.8 Å². The van der Waals surface area contributed by atoms with Gasteiger partial charge in [0, 0.05) is 10.0 Å². The molecule has 4 rings (SSSR count). The Hall–Kier alpha value is -3.20. The van der Waals surface area contributed by atoms with Gasteiger partial charge < -0.3 is 14.0 Å². The maximum Gasteiger partial charge on any atom is 0.329 e. The molecule has 1 aromatic heterocycles. The maximum atomic E-state index is 12.0. The number of aromatic nitrogens is 2. The first-order valence-corrected chi connectivity index (χ1v) is 8.31. The van der Waals surface area contributed by atoms with Crippen LogP contribution in [-0.4, -0.2) is 29.1 Å². The molecule has 2 heterocycles. The van der Waals surface area contributed by atoms with Crippen LogP contribution < -0.4 is 14.9 Å². The van der Waals surface area contributed by atoms with E-state index in [0.29, 0.717) is 17.3 Å². The first-order valence-electron chi connectivity index (χ1n) is 7.52. The first-order chi connectivity index (χ1) is 12.7. The van der Waals surface area contributed by atoms with E-state index >= 15 is 0 Å². The van der Waals surface area contributed by atoms with E-state index in [1.165, 1.54) is 6.21 Å². The lowest BCUT2D eigenvalue weighted by atomic mass is 10.2. The number of carbonyl (C=O) groups is 1. The molecule has 1 aliphatic rings. The number of hydrogen-bond donors (Lipinski definition) is 1. The van der Waals surface area contributed by atoms with Crippen LogP contribution in [-0.2, 0) is 0 Å². The van der Waals surface area contributed by atoms with E-state index in [4.69, 9.17) is 14.0 Å². The van der Waals surface area contributed by atoms with Crippen LogP contribution in [0, 0.1) is 0 Å². The van der Waals surface area contributed by atoms with E-state index in [9.17, 15) is 4.79 Å². The van der Waals surface area contributed by atoms with E-state index < -0.39 is 5.91 Å². The van der Waals surface area contributed by atoms with Crippen LogP contribution in [0.2, 0.25) is 0 Å². The second-order valence-electron chi connectivity index (χ2n) is 5.24. The van der Waals surface area contributed by atoms with E-state index in [1.54, 1.807) is 18.2 Å². The fraction of sp³-hybridized carbons (Fsp3) is 0.0588. The lowest BCUT2D eigenvalue weighted by Crippen LogP contribution is -2.17. The predicted octanol–water partition coefficient (Wildman–Crippen LogP) is 2.99. The Bertz CT molecular complexity index is 985. The minimum absolute atomic E-state index is 0.175. The highest BCUT2D eigenvalue weighted by atomic mass is 79.9. The highest BCUT2D eigenvalue weighted by Crippen LogP contribution is 2.31. The molecule has 0 saturated carbocycles. The van der Waals surface area contributed by atoms with Gasteiger partial charge in [0.2, 0.25) is 12.6 Å². The summed E-state index contributed by atoms with van der Waals surface area (Å²) in [7, 11) is 0. The van der Waals surface area contributed by atoms with Crippen molar-refractivity contribution in [3.63, 3.8) is 0 Å². The molecule has 26 heavy (non-hydrogen) atoms. The van der Waals surface area contributed by atoms with Gasteiger partial charge in [-0.2, -0.15) is 10.1 Å². The van der Waals surface area contributed by atoms with Gasteiger partial charge in [-0.25, -0.2) is 5.43 Å². The second kappa shape index (κ2) is 6.96. The van der Waals surface area contributed by atoms with Crippen molar-refractivity contribution in [3.8, 4) is 22.9 Å². The van der Waals surface area contributed by atoms with Gasteiger partial charge in [-0.05, 0) is 48.0 Å². The summed E-state index contributed by atoms with van der Waals surface area (Å²) in [6.07, 6.45) is 1.48. The van der Waals surface area contributed by atoms with Crippen molar-refractivity contribution in [1.29, 1.82) is 0 Å². The van der Waals surface area contributed by atoms with E-state index in [1.807, 2.05) is 24.3 Å². The molecular weight excluding hydrogens is 404 g/mol. The molecule has 1 aliphatic heterocycles. The Morgan fingerprint density at radius 1 is 1.15 bits per heavy atom. The number of hydrazone groups is 1. The summed E-state index contributed by atoms with van der Waals surface area (Å²) in [6.45, 7) is 0.199. The Balaban J connectivity index is 1.41. The number of fused-ring (bicyclic) bond motifs is 1. The number of benzene rings is 2. The van der Waals surface area contributed by atoms with Crippen molar-refractivity contribution in [3.05, 3.63) is 58.4 Å². The largest absolute Gasteiger partial charge is 0.454 e. The summed E-state index contributed by atoms with van der Waals surface area (Å²) in [4.78, 5) is 16.1. The molecule has 0 spiro atoms. The number of carbonyl (C=O) groups excluding carboxylic acids is 1. The molecule has 1 amide bonds. The molecule has 3 aromatic rings. The van der Waals surface area contributed by atoms with E-state index in [2.05, 4.69) is 36.6 Å². The second-order valence-corrected chi connectivity index (χ2v) is 6.16. The van der Waals surface area contributed by atoms with Crippen molar-refractivity contribution in [2.45, 2.75) is 0 Å². The molecule has 8 nitrogen and oxygen atoms in total. The van der Waals surface area contributed by atoms with Gasteiger partial charge in [-0.15, -0.1) is 0 Å². The molecule has 0 saturated heterocycles. The van der Waals surface area contributed by atoms with Crippen LogP contribution in [0.1, 0.15) is 16.2 Å². The molecule has 0 atom stereocenters. The molecule has 0 fully saturated rings.